The lowest BCUT2D eigenvalue weighted by Crippen LogP contribution is -1.84. The largest absolute Gasteiger partial charge is 0.313 e. The minimum absolute atomic E-state index is 0.579. The van der Waals surface area contributed by atoms with Gasteiger partial charge in [-0.05, 0) is 12.1 Å². The summed E-state index contributed by atoms with van der Waals surface area (Å²) in [7, 11) is 0. The molecule has 1 aromatic rings. The number of nitriles is 1. The van der Waals surface area contributed by atoms with E-state index in [4.69, 9.17) is 5.26 Å². The molecule has 1 N–H and O–H groups in total. The van der Waals surface area contributed by atoms with E-state index in [-0.39, 0.29) is 0 Å². The summed E-state index contributed by atoms with van der Waals surface area (Å²) in [5.41, 5.74) is 0.579. The molecule has 0 radical (unpaired) electrons. The van der Waals surface area contributed by atoms with Crippen LogP contribution in [0.25, 0.3) is 0 Å². The fourth-order valence-electron chi connectivity index (χ4n) is 0.516. The van der Waals surface area contributed by atoms with Crippen molar-refractivity contribution in [1.29, 1.82) is 5.26 Å². The monoisotopic (exact) mass is 245 g/mol. The van der Waals surface area contributed by atoms with Crippen molar-refractivity contribution in [2.75, 3.05) is 3.53 Å². The van der Waals surface area contributed by atoms with Gasteiger partial charge in [-0.2, -0.15) is 5.26 Å². The zero-order chi connectivity index (χ0) is 7.40. The van der Waals surface area contributed by atoms with E-state index in [0.29, 0.717) is 5.56 Å². The van der Waals surface area contributed by atoms with Crippen molar-refractivity contribution in [1.82, 2.24) is 4.98 Å². The van der Waals surface area contributed by atoms with Gasteiger partial charge in [-0.15, -0.1) is 0 Å². The third kappa shape index (κ3) is 1.57. The van der Waals surface area contributed by atoms with Crippen LogP contribution in [-0.2, 0) is 0 Å². The summed E-state index contributed by atoms with van der Waals surface area (Å²) < 4.78 is 2.83. The van der Waals surface area contributed by atoms with Crippen molar-refractivity contribution in [3.63, 3.8) is 0 Å². The molecule has 0 aliphatic heterocycles. The number of halogens is 1. The molecule has 0 aliphatic carbocycles. The first-order valence-electron chi connectivity index (χ1n) is 2.59. The first kappa shape index (κ1) is 7.28. The van der Waals surface area contributed by atoms with E-state index in [1.807, 2.05) is 28.9 Å². The van der Waals surface area contributed by atoms with Crippen LogP contribution in [0.5, 0.6) is 0 Å². The van der Waals surface area contributed by atoms with Crippen molar-refractivity contribution in [2.45, 2.75) is 0 Å². The van der Waals surface area contributed by atoms with Crippen molar-refractivity contribution in [3.8, 4) is 6.07 Å². The summed E-state index contributed by atoms with van der Waals surface area (Å²) in [5, 5.41) is 8.39. The minimum Gasteiger partial charge on any atom is -0.313 e. The summed E-state index contributed by atoms with van der Waals surface area (Å²) >= 11 is 1.98. The van der Waals surface area contributed by atoms with Crippen LogP contribution in [0.2, 0.25) is 0 Å². The van der Waals surface area contributed by atoms with Crippen molar-refractivity contribution in [3.05, 3.63) is 23.9 Å². The summed E-state index contributed by atoms with van der Waals surface area (Å²) in [6, 6.07) is 5.46. The van der Waals surface area contributed by atoms with E-state index < -0.39 is 0 Å². The minimum atomic E-state index is 0.579. The molecule has 1 heterocycles. The Labute approximate surface area is 72.6 Å². The second-order valence-corrected chi connectivity index (χ2v) is 2.18. The predicted octanol–water partition coefficient (Wildman–Crippen LogP) is 1.72. The van der Waals surface area contributed by atoms with E-state index in [9.17, 15) is 0 Å². The number of aromatic nitrogens is 1. The number of anilines is 1. The quantitative estimate of drug-likeness (QED) is 0.605. The third-order valence-electron chi connectivity index (χ3n) is 0.989. The first-order chi connectivity index (χ1) is 4.86. The van der Waals surface area contributed by atoms with Crippen molar-refractivity contribution >= 4 is 28.7 Å². The Morgan fingerprint density at radius 3 is 2.80 bits per heavy atom. The van der Waals surface area contributed by atoms with Crippen LogP contribution in [0.15, 0.2) is 18.3 Å². The molecule has 0 bridgehead atoms. The molecule has 0 aromatic carbocycles. The highest BCUT2D eigenvalue weighted by Crippen LogP contribution is 2.04. The molecule has 1 rings (SSSR count). The van der Waals surface area contributed by atoms with Gasteiger partial charge in [-0.1, -0.05) is 0 Å². The van der Waals surface area contributed by atoms with E-state index in [2.05, 4.69) is 8.51 Å². The number of hydrogen-bond donors (Lipinski definition) is 1. The molecule has 0 saturated heterocycles. The van der Waals surface area contributed by atoms with Gasteiger partial charge in [0.2, 0.25) is 0 Å². The summed E-state index contributed by atoms with van der Waals surface area (Å²) in [5.74, 6) is 0.764. The van der Waals surface area contributed by atoms with Gasteiger partial charge in [0.05, 0.1) is 28.4 Å². The molecule has 1 aromatic heterocycles. The third-order valence-corrected chi connectivity index (χ3v) is 1.54. The standard InChI is InChI=1S/C6H4IN3/c7-10-6-2-1-5(3-8)4-9-6/h1-2,4H,(H,9,10). The molecule has 0 spiro atoms. The van der Waals surface area contributed by atoms with Gasteiger partial charge in [0.25, 0.3) is 0 Å². The number of pyridine rings is 1. The molecule has 0 saturated carbocycles. The Hall–Kier alpha value is -0.830. The zero-order valence-electron chi connectivity index (χ0n) is 5.00. The molecule has 4 heteroatoms. The van der Waals surface area contributed by atoms with Crippen LogP contribution in [0, 0.1) is 11.3 Å². The Kier molecular flexibility index (Phi) is 2.45. The van der Waals surface area contributed by atoms with Gasteiger partial charge < -0.3 is 3.53 Å². The maximum absolute atomic E-state index is 8.39. The molecule has 0 atom stereocenters. The van der Waals surface area contributed by atoms with Gasteiger partial charge in [0.1, 0.15) is 11.9 Å². The number of hydrogen-bond acceptors (Lipinski definition) is 3. The smallest absolute Gasteiger partial charge is 0.134 e. The molecule has 0 aliphatic rings. The normalized spacial score (nSPS) is 8.40. The molecule has 0 amide bonds. The Balaban J connectivity index is 2.93. The maximum Gasteiger partial charge on any atom is 0.134 e. The second-order valence-electron chi connectivity index (χ2n) is 1.64. The average Bonchev–Trinajstić information content (AvgIpc) is 2.05. The van der Waals surface area contributed by atoms with Crippen LogP contribution in [0.4, 0.5) is 5.82 Å². The highest BCUT2D eigenvalue weighted by Gasteiger charge is 1.90. The first-order valence-corrected chi connectivity index (χ1v) is 3.67. The van der Waals surface area contributed by atoms with Crippen LogP contribution in [0.3, 0.4) is 0 Å². The lowest BCUT2D eigenvalue weighted by Gasteiger charge is -1.93. The number of nitrogens with zero attached hydrogens (tertiary/aromatic N) is 2. The number of nitrogens with one attached hydrogen (secondary N) is 1. The Morgan fingerprint density at radius 1 is 1.60 bits per heavy atom. The van der Waals surface area contributed by atoms with Gasteiger partial charge >= 0.3 is 0 Å². The molecule has 0 fully saturated rings. The molecule has 50 valence electrons. The van der Waals surface area contributed by atoms with E-state index >= 15 is 0 Å². The Morgan fingerprint density at radius 2 is 2.40 bits per heavy atom. The fourth-order valence-corrected chi connectivity index (χ4v) is 0.835. The molecular formula is C6H4IN3. The van der Waals surface area contributed by atoms with Gasteiger partial charge in [0.15, 0.2) is 0 Å². The summed E-state index contributed by atoms with van der Waals surface area (Å²) in [6.45, 7) is 0. The highest BCUT2D eigenvalue weighted by molar-refractivity contribution is 14.1. The lowest BCUT2D eigenvalue weighted by atomic mass is 10.3. The summed E-state index contributed by atoms with van der Waals surface area (Å²) in [6.07, 6.45) is 1.53. The molecule has 0 unspecified atom stereocenters. The fraction of sp³-hybridized carbons (Fsp3) is 0. The average molecular weight is 245 g/mol. The van der Waals surface area contributed by atoms with Crippen LogP contribution in [0.1, 0.15) is 5.56 Å². The SMILES string of the molecule is N#Cc1ccc(NI)nc1. The zero-order valence-corrected chi connectivity index (χ0v) is 7.16. The van der Waals surface area contributed by atoms with Crippen molar-refractivity contribution in [2.24, 2.45) is 0 Å². The van der Waals surface area contributed by atoms with E-state index in [1.54, 1.807) is 12.1 Å². The van der Waals surface area contributed by atoms with E-state index in [1.165, 1.54) is 6.20 Å². The Bertz CT molecular complexity index is 249. The predicted molar refractivity (Wildman–Crippen MR) is 46.6 cm³/mol. The summed E-state index contributed by atoms with van der Waals surface area (Å²) in [4.78, 5) is 3.93. The van der Waals surface area contributed by atoms with Gasteiger partial charge in [0, 0.05) is 6.20 Å². The lowest BCUT2D eigenvalue weighted by molar-refractivity contribution is 1.31. The maximum atomic E-state index is 8.39. The van der Waals surface area contributed by atoms with Crippen LogP contribution >= 0.6 is 22.9 Å². The molecular weight excluding hydrogens is 241 g/mol. The second kappa shape index (κ2) is 3.37. The van der Waals surface area contributed by atoms with Crippen molar-refractivity contribution < 1.29 is 0 Å². The van der Waals surface area contributed by atoms with Crippen LogP contribution in [-0.4, -0.2) is 4.98 Å². The van der Waals surface area contributed by atoms with Crippen LogP contribution < -0.4 is 3.53 Å². The number of rotatable bonds is 1. The van der Waals surface area contributed by atoms with Gasteiger partial charge in [-0.25, -0.2) is 4.98 Å². The topological polar surface area (TPSA) is 48.7 Å². The highest BCUT2D eigenvalue weighted by atomic mass is 127. The molecule has 10 heavy (non-hydrogen) atoms. The molecule has 3 nitrogen and oxygen atoms in total. The van der Waals surface area contributed by atoms with Gasteiger partial charge in [-0.3, -0.25) is 0 Å². The van der Waals surface area contributed by atoms with E-state index in [0.717, 1.165) is 5.82 Å².